The van der Waals surface area contributed by atoms with E-state index in [0.717, 1.165) is 28.0 Å². The molecule has 0 saturated carbocycles. The van der Waals surface area contributed by atoms with Crippen molar-refractivity contribution in [2.45, 2.75) is 58.7 Å². The molecule has 4 rings (SSSR count). The van der Waals surface area contributed by atoms with Crippen molar-refractivity contribution in [3.05, 3.63) is 88.7 Å². The minimum atomic E-state index is -1.04. The van der Waals surface area contributed by atoms with Gasteiger partial charge in [0.15, 0.2) is 0 Å². The van der Waals surface area contributed by atoms with Gasteiger partial charge in [-0.1, -0.05) is 41.9 Å². The number of imidazole rings is 1. The largest absolute Gasteiger partial charge is 0.489 e. The summed E-state index contributed by atoms with van der Waals surface area (Å²) in [5, 5.41) is 6.25. The number of carbonyl (C=O) groups excluding carboxylic acids is 2. The number of fused-ring (bicyclic) bond motifs is 1. The molecule has 8 nitrogen and oxygen atoms in total. The number of aromatic nitrogens is 2. The van der Waals surface area contributed by atoms with Crippen LogP contribution in [-0.2, 0) is 11.2 Å². The summed E-state index contributed by atoms with van der Waals surface area (Å²) in [4.78, 5) is 30.4. The number of rotatable bonds is 10. The van der Waals surface area contributed by atoms with Crippen LogP contribution in [0.3, 0.4) is 0 Å². The molecule has 0 unspecified atom stereocenters. The van der Waals surface area contributed by atoms with E-state index in [0.29, 0.717) is 22.8 Å². The Morgan fingerprint density at radius 1 is 1.12 bits per heavy atom. The number of halogens is 1. The maximum Gasteiger partial charge on any atom is 0.251 e. The molecule has 0 bridgehead atoms. The van der Waals surface area contributed by atoms with Crippen molar-refractivity contribution in [2.75, 3.05) is 6.54 Å². The summed E-state index contributed by atoms with van der Waals surface area (Å²) in [5.74, 6) is -0.0912. The summed E-state index contributed by atoms with van der Waals surface area (Å²) in [6.07, 6.45) is 4.44. The molecule has 0 saturated heterocycles. The van der Waals surface area contributed by atoms with Gasteiger partial charge < -0.3 is 25.5 Å². The lowest BCUT2D eigenvalue weighted by molar-refractivity contribution is -0.125. The number of ether oxygens (including phenoxy) is 1. The van der Waals surface area contributed by atoms with Crippen LogP contribution >= 0.6 is 11.6 Å². The summed E-state index contributed by atoms with van der Waals surface area (Å²) in [6.45, 7) is 9.33. The topological polar surface area (TPSA) is 111 Å². The Bertz CT molecular complexity index is 1510. The molecule has 0 fully saturated rings. The number of nitrogens with one attached hydrogen (secondary N) is 2. The van der Waals surface area contributed by atoms with Crippen molar-refractivity contribution in [2.24, 2.45) is 5.73 Å². The number of benzene rings is 2. The van der Waals surface area contributed by atoms with Crippen molar-refractivity contribution < 1.29 is 14.3 Å². The van der Waals surface area contributed by atoms with Crippen LogP contribution in [-0.4, -0.2) is 45.4 Å². The molecule has 0 aliphatic carbocycles. The fraction of sp³-hybridized carbons (Fsp3) is 0.323. The number of carbonyl (C=O) groups is 2. The van der Waals surface area contributed by atoms with Crippen LogP contribution < -0.4 is 21.1 Å². The van der Waals surface area contributed by atoms with Crippen LogP contribution in [0.15, 0.2) is 67.0 Å². The van der Waals surface area contributed by atoms with Gasteiger partial charge in [0.25, 0.3) is 5.91 Å². The van der Waals surface area contributed by atoms with E-state index in [1.54, 1.807) is 32.0 Å². The third-order valence-electron chi connectivity index (χ3n) is 6.40. The number of aryl methyl sites for hydroxylation is 1. The number of pyridine rings is 1. The van der Waals surface area contributed by atoms with Crippen LogP contribution in [0.25, 0.3) is 16.9 Å². The minimum absolute atomic E-state index is 0.0415. The molecule has 210 valence electrons. The third kappa shape index (κ3) is 7.20. The second-order valence-electron chi connectivity index (χ2n) is 10.9. The monoisotopic (exact) mass is 561 g/mol. The summed E-state index contributed by atoms with van der Waals surface area (Å²) in [6, 6.07) is 16.6. The first-order valence-corrected chi connectivity index (χ1v) is 13.7. The molecule has 0 aliphatic rings. The average Bonchev–Trinajstić information content (AvgIpc) is 3.33. The number of hydrogen-bond acceptors (Lipinski definition) is 5. The van der Waals surface area contributed by atoms with Gasteiger partial charge in [0.1, 0.15) is 11.4 Å². The third-order valence-corrected chi connectivity index (χ3v) is 6.69. The summed E-state index contributed by atoms with van der Waals surface area (Å²) in [7, 11) is 0. The molecule has 4 N–H and O–H groups in total. The van der Waals surface area contributed by atoms with Crippen molar-refractivity contribution >= 4 is 29.1 Å². The fourth-order valence-electron chi connectivity index (χ4n) is 4.27. The second kappa shape index (κ2) is 12.1. The Morgan fingerprint density at radius 2 is 1.85 bits per heavy atom. The highest BCUT2D eigenvalue weighted by molar-refractivity contribution is 6.32. The SMILES string of the molecule is Cc1cccn2cc(-c3ccc(C[C@@H](CNC(=O)C(C)(C)N)NC(=O)c4ccc(OC(C)C)c(Cl)c4)cc3)nc12. The van der Waals surface area contributed by atoms with Gasteiger partial charge in [-0.25, -0.2) is 4.98 Å². The molecular formula is C31H36ClN5O3. The molecule has 2 heterocycles. The van der Waals surface area contributed by atoms with Crippen LogP contribution in [0.1, 0.15) is 49.2 Å². The van der Waals surface area contributed by atoms with Gasteiger partial charge in [-0.05, 0) is 76.4 Å². The predicted octanol–water partition coefficient (Wildman–Crippen LogP) is 4.94. The van der Waals surface area contributed by atoms with E-state index in [1.165, 1.54) is 0 Å². The van der Waals surface area contributed by atoms with Gasteiger partial charge >= 0.3 is 0 Å². The molecule has 1 atom stereocenters. The van der Waals surface area contributed by atoms with E-state index in [2.05, 4.69) is 10.6 Å². The molecule has 4 aromatic rings. The van der Waals surface area contributed by atoms with Crippen LogP contribution in [0.2, 0.25) is 5.02 Å². The highest BCUT2D eigenvalue weighted by Crippen LogP contribution is 2.27. The maximum absolute atomic E-state index is 13.2. The molecule has 2 amide bonds. The Morgan fingerprint density at radius 3 is 2.48 bits per heavy atom. The van der Waals surface area contributed by atoms with Crippen LogP contribution in [0, 0.1) is 6.92 Å². The van der Waals surface area contributed by atoms with Gasteiger partial charge in [-0.3, -0.25) is 9.59 Å². The molecule has 40 heavy (non-hydrogen) atoms. The zero-order chi connectivity index (χ0) is 29.0. The molecule has 2 aromatic heterocycles. The summed E-state index contributed by atoms with van der Waals surface area (Å²) in [5.41, 5.74) is 10.2. The lowest BCUT2D eigenvalue weighted by Gasteiger charge is -2.23. The zero-order valence-electron chi connectivity index (χ0n) is 23.5. The van der Waals surface area contributed by atoms with Gasteiger partial charge in [-0.2, -0.15) is 0 Å². The number of nitrogens with zero attached hydrogens (tertiary/aromatic N) is 2. The highest BCUT2D eigenvalue weighted by atomic mass is 35.5. The van der Waals surface area contributed by atoms with Crippen molar-refractivity contribution in [3.8, 4) is 17.0 Å². The molecule has 2 aromatic carbocycles. The second-order valence-corrected chi connectivity index (χ2v) is 11.3. The van der Waals surface area contributed by atoms with E-state index in [1.807, 2.05) is 74.0 Å². The standard InChI is InChI=1S/C31H36ClN5O3/c1-19(2)40-27-13-12-23(16-25(27)32)29(38)35-24(17-34-30(39)31(4,5)33)15-21-8-10-22(11-9-21)26-18-37-14-6-7-20(3)28(37)36-26/h6-14,16,18-19,24H,15,17,33H2,1-5H3,(H,34,39)(H,35,38)/t24-/m0/s1. The van der Waals surface area contributed by atoms with E-state index in [9.17, 15) is 9.59 Å². The first kappa shape index (κ1) is 29.1. The Kier molecular flexibility index (Phi) is 8.81. The quantitative estimate of drug-likeness (QED) is 0.254. The Hall–Kier alpha value is -3.88. The first-order valence-electron chi connectivity index (χ1n) is 13.3. The Labute approximate surface area is 239 Å². The molecular weight excluding hydrogens is 526 g/mol. The van der Waals surface area contributed by atoms with E-state index >= 15 is 0 Å². The average molecular weight is 562 g/mol. The maximum atomic E-state index is 13.2. The van der Waals surface area contributed by atoms with Crippen molar-refractivity contribution in [1.82, 2.24) is 20.0 Å². The highest BCUT2D eigenvalue weighted by Gasteiger charge is 2.24. The normalized spacial score (nSPS) is 12.4. The van der Waals surface area contributed by atoms with Gasteiger partial charge in [0, 0.05) is 30.1 Å². The van der Waals surface area contributed by atoms with Crippen LogP contribution in [0.4, 0.5) is 0 Å². The smallest absolute Gasteiger partial charge is 0.251 e. The summed E-state index contributed by atoms with van der Waals surface area (Å²) < 4.78 is 7.69. The van der Waals surface area contributed by atoms with Crippen molar-refractivity contribution in [3.63, 3.8) is 0 Å². The minimum Gasteiger partial charge on any atom is -0.489 e. The molecule has 0 radical (unpaired) electrons. The number of amides is 2. The lowest BCUT2D eigenvalue weighted by Crippen LogP contribution is -2.53. The first-order chi connectivity index (χ1) is 18.9. The Balaban J connectivity index is 1.51. The van der Waals surface area contributed by atoms with E-state index < -0.39 is 11.6 Å². The predicted molar refractivity (Wildman–Crippen MR) is 159 cm³/mol. The van der Waals surface area contributed by atoms with E-state index in [-0.39, 0.29) is 24.5 Å². The zero-order valence-corrected chi connectivity index (χ0v) is 24.3. The number of nitrogens with two attached hydrogens (primary N) is 1. The molecule has 9 heteroatoms. The summed E-state index contributed by atoms with van der Waals surface area (Å²) >= 11 is 6.35. The van der Waals surface area contributed by atoms with E-state index in [4.69, 9.17) is 27.1 Å². The van der Waals surface area contributed by atoms with Crippen LogP contribution in [0.5, 0.6) is 5.75 Å². The molecule has 0 spiro atoms. The van der Waals surface area contributed by atoms with Gasteiger partial charge in [0.05, 0.1) is 28.4 Å². The fourth-order valence-corrected chi connectivity index (χ4v) is 4.49. The number of hydrogen-bond donors (Lipinski definition) is 3. The van der Waals surface area contributed by atoms with Gasteiger partial charge in [0.2, 0.25) is 5.91 Å². The van der Waals surface area contributed by atoms with Crippen molar-refractivity contribution in [1.29, 1.82) is 0 Å². The lowest BCUT2D eigenvalue weighted by atomic mass is 10.0. The molecule has 0 aliphatic heterocycles. The van der Waals surface area contributed by atoms with Gasteiger partial charge in [-0.15, -0.1) is 0 Å².